The molecule has 0 aliphatic carbocycles. The van der Waals surface area contributed by atoms with Gasteiger partial charge >= 0.3 is 0 Å². The number of rotatable bonds is 8. The smallest absolute Gasteiger partial charge is 0.242 e. The maximum Gasteiger partial charge on any atom is 0.242 e. The molecule has 0 aliphatic heterocycles. The molecule has 6 heteroatoms. The van der Waals surface area contributed by atoms with E-state index in [1.807, 2.05) is 50.2 Å². The van der Waals surface area contributed by atoms with E-state index in [4.69, 9.17) is 16.3 Å². The molecule has 0 heterocycles. The molecule has 0 radical (unpaired) electrons. The lowest BCUT2D eigenvalue weighted by molar-refractivity contribution is -0.140. The molecule has 1 atom stereocenters. The molecule has 2 aromatic rings. The number of hydrogen-bond acceptors (Lipinski definition) is 3. The zero-order chi connectivity index (χ0) is 20.7. The first-order valence-corrected chi connectivity index (χ1v) is 9.65. The van der Waals surface area contributed by atoms with Crippen molar-refractivity contribution in [3.8, 4) is 5.75 Å². The van der Waals surface area contributed by atoms with Gasteiger partial charge in [-0.15, -0.1) is 0 Å². The molecule has 0 aromatic heterocycles. The average molecular weight is 403 g/mol. The molecule has 0 spiro atoms. The second-order valence-electron chi connectivity index (χ2n) is 7.02. The molecule has 0 saturated heterocycles. The zero-order valence-electron chi connectivity index (χ0n) is 16.7. The number of halogens is 1. The molecular weight excluding hydrogens is 376 g/mol. The number of hydrogen-bond donors (Lipinski definition) is 1. The maximum atomic E-state index is 13.1. The van der Waals surface area contributed by atoms with Crippen molar-refractivity contribution < 1.29 is 14.3 Å². The number of ether oxygens (including phenoxy) is 1. The topological polar surface area (TPSA) is 58.6 Å². The molecule has 5 nitrogen and oxygen atoms in total. The minimum Gasteiger partial charge on any atom is -0.497 e. The van der Waals surface area contributed by atoms with E-state index in [0.29, 0.717) is 17.3 Å². The summed E-state index contributed by atoms with van der Waals surface area (Å²) in [6.07, 6.45) is 0.195. The van der Waals surface area contributed by atoms with E-state index in [-0.39, 0.29) is 24.3 Å². The standard InChI is InChI=1S/C22H27ClN2O3/c1-15(2)24-22(27)16(3)25(14-18-6-5-7-20(12-18)28-4)21(26)13-17-8-10-19(23)11-9-17/h5-12,15-16H,13-14H2,1-4H3,(H,24,27). The number of benzene rings is 2. The van der Waals surface area contributed by atoms with Crippen molar-refractivity contribution in [2.45, 2.75) is 45.8 Å². The monoisotopic (exact) mass is 402 g/mol. The van der Waals surface area contributed by atoms with Crippen molar-refractivity contribution in [1.82, 2.24) is 10.2 Å². The van der Waals surface area contributed by atoms with Gasteiger partial charge in [0.1, 0.15) is 11.8 Å². The highest BCUT2D eigenvalue weighted by atomic mass is 35.5. The van der Waals surface area contributed by atoms with Crippen LogP contribution in [0.2, 0.25) is 5.02 Å². The molecule has 0 bridgehead atoms. The van der Waals surface area contributed by atoms with E-state index in [0.717, 1.165) is 11.1 Å². The van der Waals surface area contributed by atoms with Gasteiger partial charge in [0, 0.05) is 17.6 Å². The Labute approximate surface area is 171 Å². The summed E-state index contributed by atoms with van der Waals surface area (Å²) in [6, 6.07) is 14.1. The lowest BCUT2D eigenvalue weighted by Crippen LogP contribution is -2.49. The normalized spacial score (nSPS) is 11.8. The van der Waals surface area contributed by atoms with E-state index >= 15 is 0 Å². The predicted molar refractivity (Wildman–Crippen MR) is 111 cm³/mol. The van der Waals surface area contributed by atoms with E-state index in [1.165, 1.54) is 0 Å². The Morgan fingerprint density at radius 2 is 1.75 bits per heavy atom. The number of nitrogens with zero attached hydrogens (tertiary/aromatic N) is 1. The Balaban J connectivity index is 2.24. The van der Waals surface area contributed by atoms with Crippen LogP contribution in [0.15, 0.2) is 48.5 Å². The lowest BCUT2D eigenvalue weighted by Gasteiger charge is -2.29. The number of nitrogens with one attached hydrogen (secondary N) is 1. The third kappa shape index (κ3) is 6.27. The predicted octanol–water partition coefficient (Wildman–Crippen LogP) is 3.83. The second-order valence-corrected chi connectivity index (χ2v) is 7.45. The van der Waals surface area contributed by atoms with Gasteiger partial charge in [-0.2, -0.15) is 0 Å². The molecule has 28 heavy (non-hydrogen) atoms. The van der Waals surface area contributed by atoms with Crippen LogP contribution in [-0.4, -0.2) is 35.9 Å². The van der Waals surface area contributed by atoms with Crippen LogP contribution < -0.4 is 10.1 Å². The number of carbonyl (C=O) groups excluding carboxylic acids is 2. The quantitative estimate of drug-likeness (QED) is 0.729. The number of methoxy groups -OCH3 is 1. The second kappa shape index (κ2) is 10.1. The highest BCUT2D eigenvalue weighted by Crippen LogP contribution is 2.18. The minimum atomic E-state index is -0.603. The zero-order valence-corrected chi connectivity index (χ0v) is 17.5. The van der Waals surface area contributed by atoms with E-state index in [1.54, 1.807) is 31.1 Å². The summed E-state index contributed by atoms with van der Waals surface area (Å²) >= 11 is 5.93. The molecule has 0 saturated carbocycles. The van der Waals surface area contributed by atoms with Gasteiger partial charge < -0.3 is 15.0 Å². The van der Waals surface area contributed by atoms with Gasteiger partial charge in [-0.1, -0.05) is 35.9 Å². The first-order chi connectivity index (χ1) is 13.3. The highest BCUT2D eigenvalue weighted by Gasteiger charge is 2.26. The number of carbonyl (C=O) groups is 2. The van der Waals surface area contributed by atoms with Gasteiger partial charge in [-0.25, -0.2) is 0 Å². The fraction of sp³-hybridized carbons (Fsp3) is 0.364. The van der Waals surface area contributed by atoms with Crippen molar-refractivity contribution in [2.24, 2.45) is 0 Å². The van der Waals surface area contributed by atoms with E-state index in [2.05, 4.69) is 5.32 Å². The van der Waals surface area contributed by atoms with Crippen LogP contribution in [0, 0.1) is 0 Å². The minimum absolute atomic E-state index is 0.0000124. The average Bonchev–Trinajstić information content (AvgIpc) is 2.67. The van der Waals surface area contributed by atoms with Gasteiger partial charge in [0.05, 0.1) is 13.5 Å². The first-order valence-electron chi connectivity index (χ1n) is 9.27. The maximum absolute atomic E-state index is 13.1. The molecule has 1 N–H and O–H groups in total. The molecule has 2 amide bonds. The van der Waals surface area contributed by atoms with Crippen LogP contribution >= 0.6 is 11.6 Å². The molecule has 150 valence electrons. The Bertz CT molecular complexity index is 806. The van der Waals surface area contributed by atoms with Crippen LogP contribution in [-0.2, 0) is 22.6 Å². The van der Waals surface area contributed by atoms with Crippen molar-refractivity contribution in [1.29, 1.82) is 0 Å². The molecule has 0 aliphatic rings. The molecule has 1 unspecified atom stereocenters. The van der Waals surface area contributed by atoms with E-state index in [9.17, 15) is 9.59 Å². The SMILES string of the molecule is COc1cccc(CN(C(=O)Cc2ccc(Cl)cc2)C(C)C(=O)NC(C)C)c1. The van der Waals surface area contributed by atoms with Crippen molar-refractivity contribution >= 4 is 23.4 Å². The van der Waals surface area contributed by atoms with Gasteiger partial charge in [0.25, 0.3) is 0 Å². The largest absolute Gasteiger partial charge is 0.497 e. The van der Waals surface area contributed by atoms with Crippen LogP contribution in [0.5, 0.6) is 5.75 Å². The van der Waals surface area contributed by atoms with Crippen LogP contribution in [0.25, 0.3) is 0 Å². The highest BCUT2D eigenvalue weighted by molar-refractivity contribution is 6.30. The van der Waals surface area contributed by atoms with Crippen molar-refractivity contribution in [2.75, 3.05) is 7.11 Å². The third-order valence-corrected chi connectivity index (χ3v) is 4.61. The fourth-order valence-electron chi connectivity index (χ4n) is 2.83. The third-order valence-electron chi connectivity index (χ3n) is 4.35. The summed E-state index contributed by atoms with van der Waals surface area (Å²) in [6.45, 7) is 5.85. The van der Waals surface area contributed by atoms with Gasteiger partial charge in [0.15, 0.2) is 0 Å². The van der Waals surface area contributed by atoms with Gasteiger partial charge in [-0.05, 0) is 56.2 Å². The molecular formula is C22H27ClN2O3. The summed E-state index contributed by atoms with van der Waals surface area (Å²) < 4.78 is 5.27. The van der Waals surface area contributed by atoms with Crippen LogP contribution in [0.3, 0.4) is 0 Å². The molecule has 2 aromatic carbocycles. The van der Waals surface area contributed by atoms with Crippen molar-refractivity contribution in [3.05, 3.63) is 64.7 Å². The fourth-order valence-corrected chi connectivity index (χ4v) is 2.96. The Morgan fingerprint density at radius 3 is 2.36 bits per heavy atom. The summed E-state index contributed by atoms with van der Waals surface area (Å²) in [7, 11) is 1.60. The van der Waals surface area contributed by atoms with Crippen LogP contribution in [0.4, 0.5) is 0 Å². The van der Waals surface area contributed by atoms with Gasteiger partial charge in [-0.3, -0.25) is 9.59 Å². The molecule has 2 rings (SSSR count). The Kier molecular flexibility index (Phi) is 7.88. The summed E-state index contributed by atoms with van der Waals surface area (Å²) in [5.74, 6) is 0.404. The molecule has 0 fully saturated rings. The van der Waals surface area contributed by atoms with E-state index < -0.39 is 6.04 Å². The van der Waals surface area contributed by atoms with Gasteiger partial charge in [0.2, 0.25) is 11.8 Å². The summed E-state index contributed by atoms with van der Waals surface area (Å²) in [5, 5.41) is 3.50. The Morgan fingerprint density at radius 1 is 1.07 bits per heavy atom. The van der Waals surface area contributed by atoms with Crippen molar-refractivity contribution in [3.63, 3.8) is 0 Å². The lowest BCUT2D eigenvalue weighted by atomic mass is 10.1. The van der Waals surface area contributed by atoms with Crippen LogP contribution in [0.1, 0.15) is 31.9 Å². The summed E-state index contributed by atoms with van der Waals surface area (Å²) in [4.78, 5) is 27.2. The number of amides is 2. The Hall–Kier alpha value is -2.53. The first kappa shape index (κ1) is 21.8. The summed E-state index contributed by atoms with van der Waals surface area (Å²) in [5.41, 5.74) is 1.74.